The molecule has 1 amide bonds. The Balaban J connectivity index is 2.15. The molecule has 1 aromatic heterocycles. The van der Waals surface area contributed by atoms with Crippen LogP contribution in [-0.4, -0.2) is 42.5 Å². The van der Waals surface area contributed by atoms with Crippen LogP contribution in [0.1, 0.15) is 53.0 Å². The summed E-state index contributed by atoms with van der Waals surface area (Å²) in [5.74, 6) is -0.154. The van der Waals surface area contributed by atoms with Crippen LogP contribution in [0.15, 0.2) is 48.7 Å². The molecule has 156 valence electrons. The molecule has 0 saturated carbocycles. The molecule has 6 nitrogen and oxygen atoms in total. The monoisotopic (exact) mass is 405 g/mol. The van der Waals surface area contributed by atoms with Gasteiger partial charge in [0.1, 0.15) is 5.56 Å². The lowest BCUT2D eigenvalue weighted by atomic mass is 10.0. The number of esters is 1. The summed E-state index contributed by atoms with van der Waals surface area (Å²) >= 11 is 0. The predicted molar refractivity (Wildman–Crippen MR) is 120 cm³/mol. The van der Waals surface area contributed by atoms with E-state index in [0.29, 0.717) is 33.6 Å². The fraction of sp³-hybridized carbons (Fsp3) is 0.292. The van der Waals surface area contributed by atoms with E-state index >= 15 is 0 Å². The van der Waals surface area contributed by atoms with Gasteiger partial charge in [-0.1, -0.05) is 26.0 Å². The molecule has 0 unspecified atom stereocenters. The van der Waals surface area contributed by atoms with Crippen molar-refractivity contribution < 1.29 is 14.3 Å². The number of carbonyl (C=O) groups excluding carboxylic acids is 2. The standard InChI is InChI=1S/C24H27N3O3/c1-6-30-24(29)20-14-25-21-12-9-17(23(28)27(4)5)13-19(21)22(20)26-18-10-7-16(8-11-18)15(2)3/h7-15H,6H2,1-5H3,(H,25,26). The lowest BCUT2D eigenvalue weighted by Crippen LogP contribution is -2.21. The van der Waals surface area contributed by atoms with Crippen LogP contribution in [0.5, 0.6) is 0 Å². The summed E-state index contributed by atoms with van der Waals surface area (Å²) in [4.78, 5) is 31.0. The van der Waals surface area contributed by atoms with Gasteiger partial charge in [-0.25, -0.2) is 4.79 Å². The Labute approximate surface area is 176 Å². The maximum absolute atomic E-state index is 12.6. The molecule has 2 aromatic carbocycles. The molecule has 0 aliphatic rings. The molecule has 0 aliphatic heterocycles. The van der Waals surface area contributed by atoms with Crippen LogP contribution >= 0.6 is 0 Å². The smallest absolute Gasteiger partial charge is 0.341 e. The molecule has 0 spiro atoms. The number of nitrogens with one attached hydrogen (secondary N) is 1. The van der Waals surface area contributed by atoms with Crippen molar-refractivity contribution >= 4 is 34.2 Å². The third-order valence-electron chi connectivity index (χ3n) is 4.86. The third-order valence-corrected chi connectivity index (χ3v) is 4.86. The van der Waals surface area contributed by atoms with E-state index in [-0.39, 0.29) is 12.5 Å². The second kappa shape index (κ2) is 8.95. The number of fused-ring (bicyclic) bond motifs is 1. The Kier molecular flexibility index (Phi) is 6.35. The SMILES string of the molecule is CCOC(=O)c1cnc2ccc(C(=O)N(C)C)cc2c1Nc1ccc(C(C)C)cc1. The molecule has 0 saturated heterocycles. The highest BCUT2D eigenvalue weighted by Crippen LogP contribution is 2.31. The number of hydrogen-bond acceptors (Lipinski definition) is 5. The van der Waals surface area contributed by atoms with E-state index in [1.165, 1.54) is 16.7 Å². The molecular formula is C24H27N3O3. The highest BCUT2D eigenvalue weighted by atomic mass is 16.5. The lowest BCUT2D eigenvalue weighted by Gasteiger charge is -2.16. The van der Waals surface area contributed by atoms with Gasteiger partial charge in [0.15, 0.2) is 0 Å². The molecule has 0 aliphatic carbocycles. The zero-order valence-electron chi connectivity index (χ0n) is 18.0. The van der Waals surface area contributed by atoms with Gasteiger partial charge in [-0.2, -0.15) is 0 Å². The number of carbonyl (C=O) groups is 2. The van der Waals surface area contributed by atoms with Gasteiger partial charge < -0.3 is 15.0 Å². The molecular weight excluding hydrogens is 378 g/mol. The Morgan fingerprint density at radius 2 is 1.80 bits per heavy atom. The van der Waals surface area contributed by atoms with Crippen molar-refractivity contribution in [2.75, 3.05) is 26.0 Å². The topological polar surface area (TPSA) is 71.5 Å². The zero-order chi connectivity index (χ0) is 21.8. The first-order chi connectivity index (χ1) is 14.3. The average Bonchev–Trinajstić information content (AvgIpc) is 2.73. The molecule has 0 atom stereocenters. The lowest BCUT2D eigenvalue weighted by molar-refractivity contribution is 0.0527. The van der Waals surface area contributed by atoms with E-state index in [1.807, 2.05) is 12.1 Å². The van der Waals surface area contributed by atoms with Gasteiger partial charge in [0.2, 0.25) is 0 Å². The van der Waals surface area contributed by atoms with Crippen LogP contribution in [-0.2, 0) is 4.74 Å². The minimum absolute atomic E-state index is 0.120. The summed E-state index contributed by atoms with van der Waals surface area (Å²) in [5.41, 5.74) is 4.16. The summed E-state index contributed by atoms with van der Waals surface area (Å²) in [6.45, 7) is 6.30. The van der Waals surface area contributed by atoms with Crippen molar-refractivity contribution in [3.63, 3.8) is 0 Å². The van der Waals surface area contributed by atoms with Crippen LogP contribution < -0.4 is 5.32 Å². The van der Waals surface area contributed by atoms with Crippen molar-refractivity contribution in [2.24, 2.45) is 0 Å². The Hall–Kier alpha value is -3.41. The molecule has 0 fully saturated rings. The molecule has 1 heterocycles. The van der Waals surface area contributed by atoms with Crippen LogP contribution in [0, 0.1) is 0 Å². The number of ether oxygens (including phenoxy) is 1. The van der Waals surface area contributed by atoms with E-state index in [1.54, 1.807) is 39.2 Å². The Morgan fingerprint density at radius 3 is 2.40 bits per heavy atom. The minimum Gasteiger partial charge on any atom is -0.462 e. The molecule has 0 bridgehead atoms. The summed E-state index contributed by atoms with van der Waals surface area (Å²) in [7, 11) is 3.41. The molecule has 30 heavy (non-hydrogen) atoms. The van der Waals surface area contributed by atoms with Crippen molar-refractivity contribution in [1.29, 1.82) is 0 Å². The fourth-order valence-electron chi connectivity index (χ4n) is 3.18. The number of pyridine rings is 1. The molecule has 6 heteroatoms. The highest BCUT2D eigenvalue weighted by molar-refractivity contribution is 6.08. The number of aromatic nitrogens is 1. The number of benzene rings is 2. The number of anilines is 2. The van der Waals surface area contributed by atoms with Crippen molar-refractivity contribution in [1.82, 2.24) is 9.88 Å². The van der Waals surface area contributed by atoms with E-state index in [0.717, 1.165) is 5.69 Å². The fourth-order valence-corrected chi connectivity index (χ4v) is 3.18. The molecule has 0 radical (unpaired) electrons. The number of amides is 1. The van der Waals surface area contributed by atoms with Gasteiger partial charge in [-0.3, -0.25) is 9.78 Å². The van der Waals surface area contributed by atoms with Crippen molar-refractivity contribution in [2.45, 2.75) is 26.7 Å². The summed E-state index contributed by atoms with van der Waals surface area (Å²) in [5, 5.41) is 4.03. The average molecular weight is 405 g/mol. The van der Waals surface area contributed by atoms with Crippen LogP contribution in [0.2, 0.25) is 0 Å². The highest BCUT2D eigenvalue weighted by Gasteiger charge is 2.19. The van der Waals surface area contributed by atoms with Crippen LogP contribution in [0.3, 0.4) is 0 Å². The van der Waals surface area contributed by atoms with Gasteiger partial charge in [0.25, 0.3) is 5.91 Å². The van der Waals surface area contributed by atoms with Gasteiger partial charge >= 0.3 is 5.97 Å². The quantitative estimate of drug-likeness (QED) is 0.586. The molecule has 3 aromatic rings. The zero-order valence-corrected chi connectivity index (χ0v) is 18.0. The van der Waals surface area contributed by atoms with E-state index in [9.17, 15) is 9.59 Å². The molecule has 3 rings (SSSR count). The van der Waals surface area contributed by atoms with E-state index in [2.05, 4.69) is 36.3 Å². The maximum Gasteiger partial charge on any atom is 0.341 e. The normalized spacial score (nSPS) is 10.9. The summed E-state index contributed by atoms with van der Waals surface area (Å²) < 4.78 is 5.23. The van der Waals surface area contributed by atoms with Gasteiger partial charge in [-0.15, -0.1) is 0 Å². The van der Waals surface area contributed by atoms with Crippen LogP contribution in [0.4, 0.5) is 11.4 Å². The van der Waals surface area contributed by atoms with Crippen LogP contribution in [0.25, 0.3) is 10.9 Å². The second-order valence-electron chi connectivity index (χ2n) is 7.60. The first kappa shape index (κ1) is 21.3. The first-order valence-corrected chi connectivity index (χ1v) is 10.00. The Bertz CT molecular complexity index is 1070. The van der Waals surface area contributed by atoms with E-state index in [4.69, 9.17) is 4.74 Å². The van der Waals surface area contributed by atoms with Gasteiger partial charge in [0.05, 0.1) is 17.8 Å². The number of rotatable bonds is 6. The van der Waals surface area contributed by atoms with Crippen molar-refractivity contribution in [3.8, 4) is 0 Å². The number of hydrogen-bond donors (Lipinski definition) is 1. The van der Waals surface area contributed by atoms with Gasteiger partial charge in [0, 0.05) is 36.9 Å². The minimum atomic E-state index is -0.461. The maximum atomic E-state index is 12.6. The Morgan fingerprint density at radius 1 is 1.10 bits per heavy atom. The van der Waals surface area contributed by atoms with Crippen molar-refractivity contribution in [3.05, 3.63) is 65.4 Å². The van der Waals surface area contributed by atoms with E-state index < -0.39 is 5.97 Å². The predicted octanol–water partition coefficient (Wildman–Crippen LogP) is 4.98. The second-order valence-corrected chi connectivity index (χ2v) is 7.60. The number of nitrogens with zero attached hydrogens (tertiary/aromatic N) is 2. The first-order valence-electron chi connectivity index (χ1n) is 10.00. The summed E-state index contributed by atoms with van der Waals surface area (Å²) in [6, 6.07) is 13.4. The third kappa shape index (κ3) is 4.43. The van der Waals surface area contributed by atoms with Gasteiger partial charge in [-0.05, 0) is 48.7 Å². The largest absolute Gasteiger partial charge is 0.462 e. The molecule has 1 N–H and O–H groups in total. The summed E-state index contributed by atoms with van der Waals surface area (Å²) in [6.07, 6.45) is 1.51.